The Bertz CT molecular complexity index is 667. The first-order chi connectivity index (χ1) is 11.6. The summed E-state index contributed by atoms with van der Waals surface area (Å²) in [6.07, 6.45) is 2.11. The van der Waals surface area contributed by atoms with Gasteiger partial charge in [-0.05, 0) is 50.6 Å². The van der Waals surface area contributed by atoms with Gasteiger partial charge in [-0.3, -0.25) is 4.79 Å². The molecule has 2 aromatic rings. The minimum Gasteiger partial charge on any atom is -0.494 e. The maximum Gasteiger partial charge on any atom is 0.255 e. The number of carbonyl (C=O) groups is 1. The van der Waals surface area contributed by atoms with Gasteiger partial charge >= 0.3 is 0 Å². The molecule has 2 rings (SSSR count). The highest BCUT2D eigenvalue weighted by molar-refractivity contribution is 6.05. The summed E-state index contributed by atoms with van der Waals surface area (Å²) in [5.74, 6) is 1.19. The van der Waals surface area contributed by atoms with Crippen molar-refractivity contribution in [3.8, 4) is 11.5 Å². The van der Waals surface area contributed by atoms with Crippen molar-refractivity contribution >= 4 is 11.6 Å². The van der Waals surface area contributed by atoms with Crippen molar-refractivity contribution in [3.05, 3.63) is 54.1 Å². The van der Waals surface area contributed by atoms with Gasteiger partial charge in [-0.1, -0.05) is 31.5 Å². The van der Waals surface area contributed by atoms with E-state index in [1.54, 1.807) is 12.1 Å². The van der Waals surface area contributed by atoms with Gasteiger partial charge in [0.1, 0.15) is 11.5 Å². The summed E-state index contributed by atoms with van der Waals surface area (Å²) in [7, 11) is 0. The fourth-order valence-corrected chi connectivity index (χ4v) is 2.18. The standard InChI is InChI=1S/C20H25NO3/c1-4-5-13-23-17-10-8-9-16(14-17)20(22)21-18-11-6-7-12-19(18)24-15(2)3/h6-12,14-15H,4-5,13H2,1-3H3,(H,21,22). The molecule has 0 heterocycles. The number of anilines is 1. The lowest BCUT2D eigenvalue weighted by molar-refractivity contribution is 0.102. The topological polar surface area (TPSA) is 47.6 Å². The van der Waals surface area contributed by atoms with Gasteiger partial charge in [-0.25, -0.2) is 0 Å². The molecule has 0 aliphatic carbocycles. The zero-order valence-corrected chi connectivity index (χ0v) is 14.5. The van der Waals surface area contributed by atoms with Gasteiger partial charge in [0.25, 0.3) is 5.91 Å². The van der Waals surface area contributed by atoms with Gasteiger partial charge in [0.15, 0.2) is 0 Å². The molecule has 0 spiro atoms. The van der Waals surface area contributed by atoms with E-state index < -0.39 is 0 Å². The molecule has 0 fully saturated rings. The molecule has 2 aromatic carbocycles. The molecule has 0 aromatic heterocycles. The van der Waals surface area contributed by atoms with Gasteiger partial charge in [-0.2, -0.15) is 0 Å². The van der Waals surface area contributed by atoms with Gasteiger partial charge in [-0.15, -0.1) is 0 Å². The molecule has 1 amide bonds. The van der Waals surface area contributed by atoms with Crippen LogP contribution in [0.2, 0.25) is 0 Å². The van der Waals surface area contributed by atoms with Crippen LogP contribution >= 0.6 is 0 Å². The third-order valence-electron chi connectivity index (χ3n) is 3.36. The highest BCUT2D eigenvalue weighted by atomic mass is 16.5. The molecule has 0 bridgehead atoms. The maximum absolute atomic E-state index is 12.5. The molecule has 0 aliphatic heterocycles. The smallest absolute Gasteiger partial charge is 0.255 e. The van der Waals surface area contributed by atoms with Crippen LogP contribution in [0.5, 0.6) is 11.5 Å². The van der Waals surface area contributed by atoms with Crippen molar-refractivity contribution in [2.45, 2.75) is 39.7 Å². The Morgan fingerprint density at radius 3 is 2.67 bits per heavy atom. The third kappa shape index (κ3) is 5.30. The zero-order valence-electron chi connectivity index (χ0n) is 14.5. The Labute approximate surface area is 143 Å². The van der Waals surface area contributed by atoms with E-state index in [1.165, 1.54) is 0 Å². The minimum atomic E-state index is -0.184. The predicted octanol–water partition coefficient (Wildman–Crippen LogP) is 4.91. The molecule has 0 radical (unpaired) electrons. The molecule has 1 N–H and O–H groups in total. The molecule has 128 valence electrons. The number of carbonyl (C=O) groups excluding carboxylic acids is 1. The molecule has 0 unspecified atom stereocenters. The number of benzene rings is 2. The van der Waals surface area contributed by atoms with Crippen LogP contribution in [0, 0.1) is 0 Å². The third-order valence-corrected chi connectivity index (χ3v) is 3.36. The molecule has 24 heavy (non-hydrogen) atoms. The summed E-state index contributed by atoms with van der Waals surface area (Å²) >= 11 is 0. The second-order valence-corrected chi connectivity index (χ2v) is 5.85. The van der Waals surface area contributed by atoms with Gasteiger partial charge in [0.05, 0.1) is 18.4 Å². The average molecular weight is 327 g/mol. The first-order valence-electron chi connectivity index (χ1n) is 8.40. The van der Waals surface area contributed by atoms with E-state index in [0.29, 0.717) is 29.4 Å². The molecule has 0 saturated heterocycles. The Morgan fingerprint density at radius 1 is 1.12 bits per heavy atom. The summed E-state index contributed by atoms with van der Waals surface area (Å²) in [5, 5.41) is 2.91. The van der Waals surface area contributed by atoms with E-state index in [-0.39, 0.29) is 12.0 Å². The number of ether oxygens (including phenoxy) is 2. The number of para-hydroxylation sites is 2. The molecule has 4 heteroatoms. The number of hydrogen-bond acceptors (Lipinski definition) is 3. The van der Waals surface area contributed by atoms with Crippen molar-refractivity contribution in [3.63, 3.8) is 0 Å². The first-order valence-corrected chi connectivity index (χ1v) is 8.40. The Balaban J connectivity index is 2.08. The Kier molecular flexibility index (Phi) is 6.67. The van der Waals surface area contributed by atoms with Crippen LogP contribution < -0.4 is 14.8 Å². The van der Waals surface area contributed by atoms with Crippen LogP contribution in [-0.4, -0.2) is 18.6 Å². The average Bonchev–Trinajstić information content (AvgIpc) is 2.57. The summed E-state index contributed by atoms with van der Waals surface area (Å²) in [5.41, 5.74) is 1.22. The zero-order chi connectivity index (χ0) is 17.4. The summed E-state index contributed by atoms with van der Waals surface area (Å²) in [4.78, 5) is 12.5. The molecule has 0 saturated carbocycles. The van der Waals surface area contributed by atoms with Gasteiger partial charge < -0.3 is 14.8 Å². The number of rotatable bonds is 8. The van der Waals surface area contributed by atoms with Crippen LogP contribution in [0.1, 0.15) is 44.0 Å². The van der Waals surface area contributed by atoms with Crippen molar-refractivity contribution in [1.82, 2.24) is 0 Å². The van der Waals surface area contributed by atoms with E-state index >= 15 is 0 Å². The fraction of sp³-hybridized carbons (Fsp3) is 0.350. The minimum absolute atomic E-state index is 0.0401. The lowest BCUT2D eigenvalue weighted by Crippen LogP contribution is -2.14. The Hall–Kier alpha value is -2.49. The number of amides is 1. The first kappa shape index (κ1) is 17.9. The monoisotopic (exact) mass is 327 g/mol. The van der Waals surface area contributed by atoms with E-state index in [9.17, 15) is 4.79 Å². The van der Waals surface area contributed by atoms with E-state index in [2.05, 4.69) is 12.2 Å². The van der Waals surface area contributed by atoms with E-state index in [0.717, 1.165) is 12.8 Å². The highest BCUT2D eigenvalue weighted by Gasteiger charge is 2.11. The quantitative estimate of drug-likeness (QED) is 0.701. The van der Waals surface area contributed by atoms with Crippen LogP contribution in [0.15, 0.2) is 48.5 Å². The van der Waals surface area contributed by atoms with E-state index in [1.807, 2.05) is 50.2 Å². The normalized spacial score (nSPS) is 10.5. The SMILES string of the molecule is CCCCOc1cccc(C(=O)Nc2ccccc2OC(C)C)c1. The van der Waals surface area contributed by atoms with Crippen LogP contribution in [-0.2, 0) is 0 Å². The number of nitrogens with one attached hydrogen (secondary N) is 1. The summed E-state index contributed by atoms with van der Waals surface area (Å²) < 4.78 is 11.4. The summed E-state index contributed by atoms with van der Waals surface area (Å²) in [6.45, 7) is 6.68. The number of hydrogen-bond donors (Lipinski definition) is 1. The fourth-order valence-electron chi connectivity index (χ4n) is 2.18. The largest absolute Gasteiger partial charge is 0.494 e. The molecule has 4 nitrogen and oxygen atoms in total. The van der Waals surface area contributed by atoms with Gasteiger partial charge in [0, 0.05) is 5.56 Å². The van der Waals surface area contributed by atoms with E-state index in [4.69, 9.17) is 9.47 Å². The Morgan fingerprint density at radius 2 is 1.92 bits per heavy atom. The van der Waals surface area contributed by atoms with Crippen LogP contribution in [0.3, 0.4) is 0 Å². The summed E-state index contributed by atoms with van der Waals surface area (Å²) in [6, 6.07) is 14.7. The molecular weight excluding hydrogens is 302 g/mol. The van der Waals surface area contributed by atoms with Crippen LogP contribution in [0.25, 0.3) is 0 Å². The van der Waals surface area contributed by atoms with Gasteiger partial charge in [0.2, 0.25) is 0 Å². The number of unbranched alkanes of at least 4 members (excludes halogenated alkanes) is 1. The highest BCUT2D eigenvalue weighted by Crippen LogP contribution is 2.25. The van der Waals surface area contributed by atoms with Crippen molar-refractivity contribution in [2.24, 2.45) is 0 Å². The van der Waals surface area contributed by atoms with Crippen molar-refractivity contribution in [1.29, 1.82) is 0 Å². The maximum atomic E-state index is 12.5. The second kappa shape index (κ2) is 8.96. The van der Waals surface area contributed by atoms with Crippen molar-refractivity contribution in [2.75, 3.05) is 11.9 Å². The second-order valence-electron chi connectivity index (χ2n) is 5.85. The lowest BCUT2D eigenvalue weighted by Gasteiger charge is -2.15. The molecule has 0 aliphatic rings. The molecular formula is C20H25NO3. The molecule has 0 atom stereocenters. The van der Waals surface area contributed by atoms with Crippen molar-refractivity contribution < 1.29 is 14.3 Å². The van der Waals surface area contributed by atoms with Crippen LogP contribution in [0.4, 0.5) is 5.69 Å². The predicted molar refractivity (Wildman–Crippen MR) is 97.0 cm³/mol. The lowest BCUT2D eigenvalue weighted by atomic mass is 10.2.